The lowest BCUT2D eigenvalue weighted by atomic mass is 10.2. The molecule has 1 amide bonds. The van der Waals surface area contributed by atoms with Gasteiger partial charge in [-0.3, -0.25) is 19.8 Å². The number of thiazole rings is 1. The van der Waals surface area contributed by atoms with Gasteiger partial charge in [0.25, 0.3) is 5.69 Å². The van der Waals surface area contributed by atoms with E-state index in [0.717, 1.165) is 40.5 Å². The highest BCUT2D eigenvalue weighted by Gasteiger charge is 2.31. The number of nitro benzene ring substituents is 1. The van der Waals surface area contributed by atoms with Gasteiger partial charge in [-0.2, -0.15) is 13.2 Å². The molecular formula is C20H14F3N3O5S. The van der Waals surface area contributed by atoms with E-state index in [9.17, 15) is 32.9 Å². The standard InChI is InChI=1S/C20H14F3N3O5S/c1-12(27)25(17-4-2-3-14(9-17)20(21,22)23)19-24-15(11-32-19)10-31-18(28)13-5-7-16(8-6-13)26(29)30/h2-9,11H,10H2,1H3. The van der Waals surface area contributed by atoms with E-state index in [2.05, 4.69) is 4.98 Å². The largest absolute Gasteiger partial charge is 0.456 e. The maximum absolute atomic E-state index is 13.0. The Kier molecular flexibility index (Phi) is 6.53. The summed E-state index contributed by atoms with van der Waals surface area (Å²) in [5.74, 6) is -1.29. The molecule has 0 aliphatic rings. The SMILES string of the molecule is CC(=O)N(c1cccc(C(F)(F)F)c1)c1nc(COC(=O)c2ccc([N+](=O)[O-])cc2)cs1. The third-order valence-electron chi connectivity index (χ3n) is 4.14. The molecule has 0 spiro atoms. The topological polar surface area (TPSA) is 103 Å². The summed E-state index contributed by atoms with van der Waals surface area (Å²) in [5.41, 5.74) is -0.713. The number of aromatic nitrogens is 1. The highest BCUT2D eigenvalue weighted by Crippen LogP contribution is 2.35. The van der Waals surface area contributed by atoms with Gasteiger partial charge in [-0.1, -0.05) is 6.07 Å². The Morgan fingerprint density at radius 2 is 1.88 bits per heavy atom. The minimum atomic E-state index is -4.57. The van der Waals surface area contributed by atoms with Crippen LogP contribution < -0.4 is 4.90 Å². The Hall–Kier alpha value is -3.80. The van der Waals surface area contributed by atoms with E-state index in [4.69, 9.17) is 4.74 Å². The Balaban J connectivity index is 1.74. The number of carbonyl (C=O) groups is 2. The smallest absolute Gasteiger partial charge is 0.416 e. The van der Waals surface area contributed by atoms with E-state index in [-0.39, 0.29) is 34.4 Å². The first-order valence-electron chi connectivity index (χ1n) is 8.90. The molecule has 32 heavy (non-hydrogen) atoms. The molecule has 0 bridgehead atoms. The number of nitrogens with zero attached hydrogens (tertiary/aromatic N) is 3. The number of carbonyl (C=O) groups excluding carboxylic acids is 2. The molecule has 2 aromatic carbocycles. The fourth-order valence-corrected chi connectivity index (χ4v) is 3.53. The number of hydrogen-bond acceptors (Lipinski definition) is 7. The van der Waals surface area contributed by atoms with E-state index in [1.165, 1.54) is 36.6 Å². The van der Waals surface area contributed by atoms with Crippen LogP contribution in [0.1, 0.15) is 28.5 Å². The molecule has 166 valence electrons. The van der Waals surface area contributed by atoms with Crippen LogP contribution in [0.4, 0.5) is 29.7 Å². The summed E-state index contributed by atoms with van der Waals surface area (Å²) < 4.78 is 44.2. The van der Waals surface area contributed by atoms with Gasteiger partial charge in [0, 0.05) is 24.4 Å². The van der Waals surface area contributed by atoms with Gasteiger partial charge < -0.3 is 4.74 Å². The lowest BCUT2D eigenvalue weighted by Crippen LogP contribution is -2.23. The normalized spacial score (nSPS) is 11.1. The molecule has 0 radical (unpaired) electrons. The van der Waals surface area contributed by atoms with E-state index in [1.54, 1.807) is 0 Å². The molecule has 0 fully saturated rings. The summed E-state index contributed by atoms with van der Waals surface area (Å²) in [6.45, 7) is 0.927. The fourth-order valence-electron chi connectivity index (χ4n) is 2.66. The average molecular weight is 465 g/mol. The number of nitro groups is 1. The first-order valence-corrected chi connectivity index (χ1v) is 9.78. The van der Waals surface area contributed by atoms with Crippen molar-refractivity contribution in [1.82, 2.24) is 4.98 Å². The van der Waals surface area contributed by atoms with Crippen molar-refractivity contribution in [3.63, 3.8) is 0 Å². The molecule has 3 rings (SSSR count). The second-order valence-corrected chi connectivity index (χ2v) is 7.24. The number of non-ortho nitro benzene ring substituents is 1. The van der Waals surface area contributed by atoms with Gasteiger partial charge in [-0.15, -0.1) is 11.3 Å². The molecule has 0 saturated heterocycles. The summed E-state index contributed by atoms with van der Waals surface area (Å²) in [5, 5.41) is 12.3. The van der Waals surface area contributed by atoms with Gasteiger partial charge in [-0.05, 0) is 30.3 Å². The van der Waals surface area contributed by atoms with Crippen LogP contribution in [0, 0.1) is 10.1 Å². The predicted octanol–water partition coefficient (Wildman–Crippen LogP) is 5.11. The lowest BCUT2D eigenvalue weighted by Gasteiger charge is -2.19. The van der Waals surface area contributed by atoms with Crippen molar-refractivity contribution in [2.24, 2.45) is 0 Å². The molecule has 0 saturated carbocycles. The predicted molar refractivity (Wildman–Crippen MR) is 109 cm³/mol. The molecule has 1 heterocycles. The molecule has 0 aliphatic carbocycles. The van der Waals surface area contributed by atoms with Crippen LogP contribution in [-0.4, -0.2) is 21.8 Å². The number of amides is 1. The zero-order valence-corrected chi connectivity index (χ0v) is 17.1. The minimum Gasteiger partial charge on any atom is -0.456 e. The number of ether oxygens (including phenoxy) is 1. The first-order chi connectivity index (χ1) is 15.1. The summed E-state index contributed by atoms with van der Waals surface area (Å²) >= 11 is 0.993. The number of halogens is 3. The third kappa shape index (κ3) is 5.27. The quantitative estimate of drug-likeness (QED) is 0.285. The molecule has 12 heteroatoms. The third-order valence-corrected chi connectivity index (χ3v) is 5.02. The van der Waals surface area contributed by atoms with Gasteiger partial charge >= 0.3 is 12.1 Å². The lowest BCUT2D eigenvalue weighted by molar-refractivity contribution is -0.384. The van der Waals surface area contributed by atoms with Crippen LogP contribution in [0.25, 0.3) is 0 Å². The van der Waals surface area contributed by atoms with E-state index < -0.39 is 28.5 Å². The molecule has 0 N–H and O–H groups in total. The number of anilines is 2. The number of benzene rings is 2. The van der Waals surface area contributed by atoms with Gasteiger partial charge in [0.2, 0.25) is 5.91 Å². The monoisotopic (exact) mass is 465 g/mol. The zero-order valence-electron chi connectivity index (χ0n) is 16.3. The van der Waals surface area contributed by atoms with Crippen LogP contribution in [0.15, 0.2) is 53.9 Å². The van der Waals surface area contributed by atoms with Crippen molar-refractivity contribution in [1.29, 1.82) is 0 Å². The maximum atomic E-state index is 13.0. The minimum absolute atomic E-state index is 0.00361. The zero-order chi connectivity index (χ0) is 23.5. The maximum Gasteiger partial charge on any atom is 0.416 e. The van der Waals surface area contributed by atoms with Crippen molar-refractivity contribution in [2.75, 3.05) is 4.90 Å². The average Bonchev–Trinajstić information content (AvgIpc) is 3.20. The van der Waals surface area contributed by atoms with Gasteiger partial charge in [-0.25, -0.2) is 9.78 Å². The molecule has 8 nitrogen and oxygen atoms in total. The Morgan fingerprint density at radius 3 is 2.47 bits per heavy atom. The van der Waals surface area contributed by atoms with Crippen molar-refractivity contribution in [3.8, 4) is 0 Å². The van der Waals surface area contributed by atoms with Crippen LogP contribution >= 0.6 is 11.3 Å². The number of alkyl halides is 3. The number of hydrogen-bond donors (Lipinski definition) is 0. The molecule has 3 aromatic rings. The van der Waals surface area contributed by atoms with Crippen LogP contribution in [0.5, 0.6) is 0 Å². The molecule has 0 aliphatic heterocycles. The summed E-state index contributed by atoms with van der Waals surface area (Å²) in [4.78, 5) is 39.5. The van der Waals surface area contributed by atoms with Crippen molar-refractivity contribution in [2.45, 2.75) is 19.7 Å². The van der Waals surface area contributed by atoms with Crippen LogP contribution in [0.3, 0.4) is 0 Å². The molecule has 0 atom stereocenters. The van der Waals surface area contributed by atoms with Crippen molar-refractivity contribution >= 4 is 39.7 Å². The number of rotatable bonds is 6. The Morgan fingerprint density at radius 1 is 1.19 bits per heavy atom. The van der Waals surface area contributed by atoms with Crippen LogP contribution in [0.2, 0.25) is 0 Å². The number of esters is 1. The molecule has 0 unspecified atom stereocenters. The Bertz CT molecular complexity index is 1160. The highest BCUT2D eigenvalue weighted by atomic mass is 32.1. The summed E-state index contributed by atoms with van der Waals surface area (Å²) in [6, 6.07) is 9.11. The van der Waals surface area contributed by atoms with Gasteiger partial charge in [0.1, 0.15) is 6.61 Å². The summed E-state index contributed by atoms with van der Waals surface area (Å²) in [7, 11) is 0. The summed E-state index contributed by atoms with van der Waals surface area (Å²) in [6.07, 6.45) is -4.57. The van der Waals surface area contributed by atoms with Gasteiger partial charge in [0.15, 0.2) is 5.13 Å². The highest BCUT2D eigenvalue weighted by molar-refractivity contribution is 7.14. The Labute approximate surface area is 183 Å². The second-order valence-electron chi connectivity index (χ2n) is 6.40. The molecular weight excluding hydrogens is 451 g/mol. The fraction of sp³-hybridized carbons (Fsp3) is 0.150. The van der Waals surface area contributed by atoms with Crippen LogP contribution in [-0.2, 0) is 22.3 Å². The van der Waals surface area contributed by atoms with E-state index in [0.29, 0.717) is 0 Å². The van der Waals surface area contributed by atoms with E-state index >= 15 is 0 Å². The first kappa shape index (κ1) is 22.9. The van der Waals surface area contributed by atoms with Gasteiger partial charge in [0.05, 0.1) is 27.4 Å². The van der Waals surface area contributed by atoms with E-state index in [1.807, 2.05) is 0 Å². The second kappa shape index (κ2) is 9.14. The van der Waals surface area contributed by atoms with Crippen molar-refractivity contribution in [3.05, 3.63) is 80.8 Å². The van der Waals surface area contributed by atoms with Crippen molar-refractivity contribution < 1.29 is 32.4 Å². The molecule has 1 aromatic heterocycles.